The highest BCUT2D eigenvalue weighted by molar-refractivity contribution is 5.96. The summed E-state index contributed by atoms with van der Waals surface area (Å²) in [6, 6.07) is 10.7. The molecule has 0 spiro atoms. The summed E-state index contributed by atoms with van der Waals surface area (Å²) in [5.74, 6) is -0.447. The topological polar surface area (TPSA) is 104 Å². The number of carbonyl (C=O) groups excluding carboxylic acids is 2. The van der Waals surface area contributed by atoms with Gasteiger partial charge in [0, 0.05) is 43.5 Å². The van der Waals surface area contributed by atoms with Gasteiger partial charge in [-0.15, -0.1) is 0 Å². The van der Waals surface area contributed by atoms with Crippen molar-refractivity contribution in [3.05, 3.63) is 69.1 Å². The van der Waals surface area contributed by atoms with E-state index in [9.17, 15) is 20.0 Å². The van der Waals surface area contributed by atoms with E-state index in [2.05, 4.69) is 38.3 Å². The fourth-order valence-corrected chi connectivity index (χ4v) is 6.94. The molecule has 2 fully saturated rings. The Morgan fingerprint density at radius 2 is 1.02 bits per heavy atom. The molecule has 0 radical (unpaired) electrons. The van der Waals surface area contributed by atoms with Gasteiger partial charge in [0.25, 0.3) is 11.8 Å². The van der Waals surface area contributed by atoms with Gasteiger partial charge >= 0.3 is 0 Å². The number of aryl methyl sites for hydroxylation is 4. The zero-order valence-electron chi connectivity index (χ0n) is 25.3. The minimum Gasteiger partial charge on any atom is -0.632 e. The van der Waals surface area contributed by atoms with E-state index in [0.717, 1.165) is 59.3 Å². The molecule has 2 aliphatic heterocycles. The molecule has 2 aromatic carbocycles. The van der Waals surface area contributed by atoms with Crippen LogP contribution in [0.1, 0.15) is 82.1 Å². The van der Waals surface area contributed by atoms with Crippen LogP contribution in [0.3, 0.4) is 0 Å². The van der Waals surface area contributed by atoms with E-state index >= 15 is 0 Å². The Morgan fingerprint density at radius 1 is 0.683 bits per heavy atom. The van der Waals surface area contributed by atoms with Gasteiger partial charge in [0.2, 0.25) is 0 Å². The quantitative estimate of drug-likeness (QED) is 0.249. The first-order valence-electron chi connectivity index (χ1n) is 15.7. The predicted octanol–water partition coefficient (Wildman–Crippen LogP) is 5.86. The average Bonchev–Trinajstić information content (AvgIpc) is 3.55. The lowest BCUT2D eigenvalue weighted by molar-refractivity contribution is -0.902. The van der Waals surface area contributed by atoms with Crippen molar-refractivity contribution in [3.63, 3.8) is 0 Å². The first kappa shape index (κ1) is 31.2. The molecule has 0 bridgehead atoms. The van der Waals surface area contributed by atoms with Gasteiger partial charge in [-0.3, -0.25) is 9.59 Å². The maximum Gasteiger partial charge on any atom is 0.283 e. The Balaban J connectivity index is 1.40. The molecule has 2 N–H and O–H groups in total. The van der Waals surface area contributed by atoms with E-state index in [1.54, 1.807) is 0 Å². The lowest BCUT2D eigenvalue weighted by Crippen LogP contribution is -2.55. The van der Waals surface area contributed by atoms with Crippen LogP contribution in [-0.2, 0) is 35.3 Å². The van der Waals surface area contributed by atoms with Crippen LogP contribution in [-0.4, -0.2) is 59.4 Å². The van der Waals surface area contributed by atoms with E-state index in [4.69, 9.17) is 0 Å². The number of nitrogens with zero attached hydrogens (tertiary/aromatic N) is 2. The number of amides is 2. The van der Waals surface area contributed by atoms with Crippen LogP contribution in [0.5, 0.6) is 0 Å². The summed E-state index contributed by atoms with van der Waals surface area (Å²) >= 11 is 0. The number of benzene rings is 2. The molecule has 41 heavy (non-hydrogen) atoms. The molecule has 8 nitrogen and oxygen atoms in total. The van der Waals surface area contributed by atoms with Gasteiger partial charge in [0.05, 0.1) is 26.2 Å². The second kappa shape index (κ2) is 13.5. The Labute approximate surface area is 245 Å². The van der Waals surface area contributed by atoms with Crippen molar-refractivity contribution in [2.75, 3.05) is 36.8 Å². The van der Waals surface area contributed by atoms with Crippen molar-refractivity contribution in [3.8, 4) is 0 Å². The fourth-order valence-electron chi connectivity index (χ4n) is 6.94. The second-order valence-corrected chi connectivity index (χ2v) is 11.8. The maximum atomic E-state index is 13.9. The molecule has 0 unspecified atom stereocenters. The van der Waals surface area contributed by atoms with Gasteiger partial charge < -0.3 is 30.3 Å². The lowest BCUT2D eigenvalue weighted by Gasteiger charge is -2.46. The summed E-state index contributed by atoms with van der Waals surface area (Å²) < 4.78 is -1.19. The highest BCUT2D eigenvalue weighted by atomic mass is 16.6. The minimum atomic E-state index is -0.680. The van der Waals surface area contributed by atoms with E-state index in [1.165, 1.54) is 0 Å². The molecule has 2 aliphatic rings. The number of anilines is 2. The highest BCUT2D eigenvalue weighted by Crippen LogP contribution is 2.32. The molecule has 8 heteroatoms. The Morgan fingerprint density at radius 3 is 1.34 bits per heavy atom. The third kappa shape index (κ3) is 6.67. The van der Waals surface area contributed by atoms with E-state index in [-0.39, 0.29) is 24.9 Å². The summed E-state index contributed by atoms with van der Waals surface area (Å²) in [6.07, 6.45) is 6.06. The summed E-state index contributed by atoms with van der Waals surface area (Å²) in [5, 5.41) is 34.1. The van der Waals surface area contributed by atoms with Crippen molar-refractivity contribution in [1.29, 1.82) is 0 Å². The Bertz CT molecular complexity index is 1100. The SMILES string of the molecule is CCc1cccc(CC)c1NC(=O)[C@@H]1CCC[N@@+]1([O-])CCC[N@+]1([O-])CCC[C@H]1C(=O)Nc1c(CC)cccc1CC. The van der Waals surface area contributed by atoms with Gasteiger partial charge in [0.15, 0.2) is 12.1 Å². The van der Waals surface area contributed by atoms with Crippen LogP contribution < -0.4 is 10.6 Å². The van der Waals surface area contributed by atoms with Crippen LogP contribution in [0.4, 0.5) is 11.4 Å². The zero-order chi connectivity index (χ0) is 29.6. The average molecular weight is 565 g/mol. The molecule has 224 valence electrons. The third-order valence-corrected chi connectivity index (χ3v) is 9.34. The van der Waals surface area contributed by atoms with Crippen molar-refractivity contribution in [1.82, 2.24) is 0 Å². The second-order valence-electron chi connectivity index (χ2n) is 11.8. The monoisotopic (exact) mass is 564 g/mol. The number of quaternary nitrogens is 2. The summed E-state index contributed by atoms with van der Waals surface area (Å²) in [7, 11) is 0. The number of likely N-dealkylation sites (tertiary alicyclic amines) is 2. The largest absolute Gasteiger partial charge is 0.632 e. The zero-order valence-corrected chi connectivity index (χ0v) is 25.3. The predicted molar refractivity (Wildman–Crippen MR) is 165 cm³/mol. The molecule has 2 aromatic rings. The normalized spacial score (nSPS) is 25.8. The van der Waals surface area contributed by atoms with Crippen LogP contribution in [0, 0.1) is 10.4 Å². The van der Waals surface area contributed by atoms with Crippen LogP contribution in [0.15, 0.2) is 36.4 Å². The van der Waals surface area contributed by atoms with Crippen LogP contribution in [0.2, 0.25) is 0 Å². The number of carbonyl (C=O) groups is 2. The number of para-hydroxylation sites is 2. The van der Waals surface area contributed by atoms with E-state index < -0.39 is 21.4 Å². The summed E-state index contributed by atoms with van der Waals surface area (Å²) in [5.41, 5.74) is 5.97. The van der Waals surface area contributed by atoms with Crippen molar-refractivity contribution in [2.24, 2.45) is 0 Å². The van der Waals surface area contributed by atoms with Gasteiger partial charge in [-0.2, -0.15) is 0 Å². The summed E-state index contributed by atoms with van der Waals surface area (Å²) in [4.78, 5) is 26.8. The molecule has 2 amide bonds. The number of hydrogen-bond acceptors (Lipinski definition) is 4. The number of rotatable bonds is 12. The minimum absolute atomic E-state index is 0.212. The standard InChI is InChI=1S/C33H48N4O4/c1-5-24-14-9-15-25(6-2)30(24)34-32(38)28-18-11-20-36(28,40)22-13-23-37(41)21-12-19-29(37)33(39)35-31-26(7-3)16-10-17-27(31)8-4/h9-10,14-17,28-29H,5-8,11-13,18-23H2,1-4H3,(H,34,38)(H,35,39)/t28-,29-,36+,37+/m0/s1. The first-order chi connectivity index (χ1) is 19.7. The first-order valence-corrected chi connectivity index (χ1v) is 15.7. The number of hydroxylamine groups is 6. The number of nitrogens with one attached hydrogen (secondary N) is 2. The molecule has 2 saturated heterocycles. The molecule has 4 atom stereocenters. The highest BCUT2D eigenvalue weighted by Gasteiger charge is 2.43. The molecule has 0 aliphatic carbocycles. The third-order valence-electron chi connectivity index (χ3n) is 9.34. The Hall–Kier alpha value is -2.78. The molecule has 0 aromatic heterocycles. The van der Waals surface area contributed by atoms with E-state index in [1.807, 2.05) is 36.4 Å². The molecule has 0 saturated carbocycles. The van der Waals surface area contributed by atoms with Crippen LogP contribution in [0.25, 0.3) is 0 Å². The number of hydrogen-bond donors (Lipinski definition) is 2. The molecule has 4 rings (SSSR count). The van der Waals surface area contributed by atoms with Crippen LogP contribution >= 0.6 is 0 Å². The lowest BCUT2D eigenvalue weighted by atomic mass is 10.0. The fraction of sp³-hybridized carbons (Fsp3) is 0.576. The van der Waals surface area contributed by atoms with Crippen molar-refractivity contribution in [2.45, 2.75) is 97.6 Å². The molecular weight excluding hydrogens is 516 g/mol. The molecule has 2 heterocycles. The summed E-state index contributed by atoms with van der Waals surface area (Å²) in [6.45, 7) is 9.43. The maximum absolute atomic E-state index is 13.9. The smallest absolute Gasteiger partial charge is 0.283 e. The Kier molecular flexibility index (Phi) is 10.2. The van der Waals surface area contributed by atoms with Gasteiger partial charge in [-0.25, -0.2) is 0 Å². The molecular formula is C33H48N4O4. The van der Waals surface area contributed by atoms with Gasteiger partial charge in [0.1, 0.15) is 0 Å². The van der Waals surface area contributed by atoms with Crippen molar-refractivity contribution < 1.29 is 18.9 Å². The van der Waals surface area contributed by atoms with Crippen molar-refractivity contribution >= 4 is 23.2 Å². The van der Waals surface area contributed by atoms with Gasteiger partial charge in [-0.1, -0.05) is 64.1 Å². The van der Waals surface area contributed by atoms with E-state index in [0.29, 0.717) is 45.2 Å². The van der Waals surface area contributed by atoms with Gasteiger partial charge in [-0.05, 0) is 47.9 Å².